The Morgan fingerprint density at radius 2 is 2.03 bits per heavy atom. The normalized spacial score (nSPS) is 23.1. The molecule has 1 aromatic rings. The molecule has 3 aliphatic heterocycles. The topological polar surface area (TPSA) is 36.0 Å². The molecule has 1 aromatic carbocycles. The maximum Gasteiger partial charge on any atom is 0.222 e. The molecule has 31 heavy (non-hydrogen) atoms. The lowest BCUT2D eigenvalue weighted by molar-refractivity contribution is -0.133. The molecule has 6 heteroatoms. The summed E-state index contributed by atoms with van der Waals surface area (Å²) in [4.78, 5) is 19.7. The Hall–Kier alpha value is -1.56. The third-order valence-electron chi connectivity index (χ3n) is 7.17. The van der Waals surface area contributed by atoms with Crippen LogP contribution in [-0.4, -0.2) is 80.1 Å². The number of ether oxygens (including phenoxy) is 1. The Labute approximate surface area is 192 Å². The number of nitrogens with zero attached hydrogens (tertiary/aromatic N) is 3. The first-order valence-corrected chi connectivity index (χ1v) is 12.1. The Morgan fingerprint density at radius 3 is 2.84 bits per heavy atom. The van der Waals surface area contributed by atoms with Crippen molar-refractivity contribution in [1.29, 1.82) is 0 Å². The smallest absolute Gasteiger partial charge is 0.222 e. The van der Waals surface area contributed by atoms with Crippen molar-refractivity contribution >= 4 is 23.6 Å². The van der Waals surface area contributed by atoms with Gasteiger partial charge in [0, 0.05) is 43.2 Å². The molecular weight excluding hydrogens is 410 g/mol. The number of rotatable bonds is 6. The van der Waals surface area contributed by atoms with Gasteiger partial charge in [-0.3, -0.25) is 9.69 Å². The van der Waals surface area contributed by atoms with Gasteiger partial charge in [0.05, 0.1) is 0 Å². The SMILES string of the molecule is CN1CCC(N(C)C(=O)CC[C@@H]2CCCN(CC3=Cc4cc(Cl)ccc4OC3)C2)CC1. The molecule has 0 saturated carbocycles. The minimum absolute atomic E-state index is 0.323. The van der Waals surface area contributed by atoms with Crippen LogP contribution in [0.1, 0.15) is 44.1 Å². The minimum atomic E-state index is 0.323. The molecule has 0 N–H and O–H groups in total. The van der Waals surface area contributed by atoms with Gasteiger partial charge in [-0.1, -0.05) is 11.6 Å². The molecule has 0 aromatic heterocycles. The first kappa shape index (κ1) is 22.6. The highest BCUT2D eigenvalue weighted by molar-refractivity contribution is 6.30. The summed E-state index contributed by atoms with van der Waals surface area (Å²) in [5.41, 5.74) is 2.37. The number of amides is 1. The predicted octanol–water partition coefficient (Wildman–Crippen LogP) is 4.16. The Bertz CT molecular complexity index is 804. The fourth-order valence-electron chi connectivity index (χ4n) is 5.19. The molecule has 1 amide bonds. The van der Waals surface area contributed by atoms with Crippen molar-refractivity contribution in [3.63, 3.8) is 0 Å². The Morgan fingerprint density at radius 1 is 1.23 bits per heavy atom. The first-order chi connectivity index (χ1) is 15.0. The summed E-state index contributed by atoms with van der Waals surface area (Å²) in [5, 5.41) is 0.743. The summed E-state index contributed by atoms with van der Waals surface area (Å²) in [6, 6.07) is 6.21. The zero-order valence-corrected chi connectivity index (χ0v) is 19.7. The Balaban J connectivity index is 1.25. The highest BCUT2D eigenvalue weighted by Crippen LogP contribution is 2.30. The number of benzene rings is 1. The van der Waals surface area contributed by atoms with Crippen LogP contribution >= 0.6 is 11.6 Å². The molecule has 3 aliphatic rings. The van der Waals surface area contributed by atoms with Gasteiger partial charge in [0.1, 0.15) is 12.4 Å². The van der Waals surface area contributed by atoms with E-state index in [9.17, 15) is 4.79 Å². The van der Waals surface area contributed by atoms with Crippen LogP contribution in [0.2, 0.25) is 5.02 Å². The molecule has 2 saturated heterocycles. The second-order valence-electron chi connectivity index (χ2n) is 9.59. The van der Waals surface area contributed by atoms with Gasteiger partial charge in [0.15, 0.2) is 0 Å². The predicted molar refractivity (Wildman–Crippen MR) is 127 cm³/mol. The van der Waals surface area contributed by atoms with Crippen LogP contribution in [0.3, 0.4) is 0 Å². The lowest BCUT2D eigenvalue weighted by atomic mass is 9.92. The van der Waals surface area contributed by atoms with Crippen LogP contribution in [0.25, 0.3) is 6.08 Å². The third-order valence-corrected chi connectivity index (χ3v) is 7.41. The number of hydrogen-bond donors (Lipinski definition) is 0. The maximum atomic E-state index is 12.8. The number of fused-ring (bicyclic) bond motifs is 1. The molecule has 0 radical (unpaired) electrons. The number of halogens is 1. The summed E-state index contributed by atoms with van der Waals surface area (Å²) in [5.74, 6) is 1.84. The quantitative estimate of drug-likeness (QED) is 0.658. The van der Waals surface area contributed by atoms with E-state index < -0.39 is 0 Å². The van der Waals surface area contributed by atoms with Crippen LogP contribution in [0.5, 0.6) is 5.75 Å². The highest BCUT2D eigenvalue weighted by atomic mass is 35.5. The van der Waals surface area contributed by atoms with Gasteiger partial charge < -0.3 is 14.5 Å². The Kier molecular flexibility index (Phi) is 7.57. The molecule has 4 rings (SSSR count). The van der Waals surface area contributed by atoms with Crippen molar-refractivity contribution in [2.75, 3.05) is 53.4 Å². The second kappa shape index (κ2) is 10.4. The van der Waals surface area contributed by atoms with E-state index in [-0.39, 0.29) is 0 Å². The molecule has 0 spiro atoms. The summed E-state index contributed by atoms with van der Waals surface area (Å²) < 4.78 is 5.92. The molecule has 0 unspecified atom stereocenters. The zero-order valence-electron chi connectivity index (χ0n) is 19.0. The van der Waals surface area contributed by atoms with Gasteiger partial charge in [-0.15, -0.1) is 0 Å². The minimum Gasteiger partial charge on any atom is -0.489 e. The second-order valence-corrected chi connectivity index (χ2v) is 10.0. The van der Waals surface area contributed by atoms with Crippen molar-refractivity contribution in [1.82, 2.24) is 14.7 Å². The average molecular weight is 446 g/mol. The average Bonchev–Trinajstić information content (AvgIpc) is 2.77. The first-order valence-electron chi connectivity index (χ1n) is 11.8. The molecule has 2 fully saturated rings. The molecule has 0 aliphatic carbocycles. The van der Waals surface area contributed by atoms with Crippen LogP contribution in [0.4, 0.5) is 0 Å². The summed E-state index contributed by atoms with van der Waals surface area (Å²) in [6.07, 6.45) is 8.55. The van der Waals surface area contributed by atoms with Crippen molar-refractivity contribution in [2.45, 2.75) is 44.6 Å². The summed E-state index contributed by atoms with van der Waals surface area (Å²) in [7, 11) is 4.17. The molecule has 1 atom stereocenters. The molecule has 170 valence electrons. The summed E-state index contributed by atoms with van der Waals surface area (Å²) >= 11 is 6.15. The van der Waals surface area contributed by atoms with E-state index in [1.807, 2.05) is 30.1 Å². The highest BCUT2D eigenvalue weighted by Gasteiger charge is 2.26. The number of piperidine rings is 2. The van der Waals surface area contributed by atoms with E-state index in [2.05, 4.69) is 22.9 Å². The maximum absolute atomic E-state index is 12.8. The van der Waals surface area contributed by atoms with E-state index in [0.29, 0.717) is 30.9 Å². The fourth-order valence-corrected chi connectivity index (χ4v) is 5.37. The van der Waals surface area contributed by atoms with E-state index in [0.717, 1.165) is 68.3 Å². The van der Waals surface area contributed by atoms with Gasteiger partial charge in [-0.25, -0.2) is 0 Å². The summed E-state index contributed by atoms with van der Waals surface area (Å²) in [6.45, 7) is 5.97. The van der Waals surface area contributed by atoms with Gasteiger partial charge in [0.25, 0.3) is 0 Å². The van der Waals surface area contributed by atoms with Crippen molar-refractivity contribution in [3.8, 4) is 5.75 Å². The lowest BCUT2D eigenvalue weighted by Gasteiger charge is -2.36. The number of carbonyl (C=O) groups excluding carboxylic acids is 1. The molecule has 3 heterocycles. The van der Waals surface area contributed by atoms with Crippen LogP contribution in [0.15, 0.2) is 23.8 Å². The standard InChI is InChI=1S/C25H36ClN3O2/c1-27-12-9-23(10-13-27)28(2)25(30)8-5-19-4-3-11-29(16-19)17-20-14-21-15-22(26)6-7-24(21)31-18-20/h6-7,14-15,19,23H,3-5,8-13,16-18H2,1-2H3/t19-/m0/s1. The lowest BCUT2D eigenvalue weighted by Crippen LogP contribution is -2.44. The van der Waals surface area contributed by atoms with Gasteiger partial charge in [-0.05, 0) is 94.6 Å². The molecule has 0 bridgehead atoms. The van der Waals surface area contributed by atoms with Gasteiger partial charge in [-0.2, -0.15) is 0 Å². The van der Waals surface area contributed by atoms with E-state index >= 15 is 0 Å². The number of hydrogen-bond acceptors (Lipinski definition) is 4. The molecular formula is C25H36ClN3O2. The van der Waals surface area contributed by atoms with Gasteiger partial charge >= 0.3 is 0 Å². The van der Waals surface area contributed by atoms with Crippen molar-refractivity contribution in [3.05, 3.63) is 34.4 Å². The zero-order chi connectivity index (χ0) is 21.8. The molecule has 5 nitrogen and oxygen atoms in total. The van der Waals surface area contributed by atoms with Crippen LogP contribution in [-0.2, 0) is 4.79 Å². The van der Waals surface area contributed by atoms with Crippen LogP contribution < -0.4 is 4.74 Å². The van der Waals surface area contributed by atoms with E-state index in [1.54, 1.807) is 0 Å². The van der Waals surface area contributed by atoms with Crippen molar-refractivity contribution < 1.29 is 9.53 Å². The monoisotopic (exact) mass is 445 g/mol. The van der Waals surface area contributed by atoms with Gasteiger partial charge in [0.2, 0.25) is 5.91 Å². The van der Waals surface area contributed by atoms with E-state index in [4.69, 9.17) is 16.3 Å². The van der Waals surface area contributed by atoms with E-state index in [1.165, 1.54) is 18.4 Å². The number of carbonyl (C=O) groups is 1. The third kappa shape index (κ3) is 6.03. The van der Waals surface area contributed by atoms with Crippen molar-refractivity contribution in [2.24, 2.45) is 5.92 Å². The number of likely N-dealkylation sites (tertiary alicyclic amines) is 2. The largest absolute Gasteiger partial charge is 0.489 e. The van der Waals surface area contributed by atoms with Crippen LogP contribution in [0, 0.1) is 5.92 Å². The fraction of sp³-hybridized carbons (Fsp3) is 0.640.